The van der Waals surface area contributed by atoms with E-state index in [1.807, 2.05) is 43.8 Å². The van der Waals surface area contributed by atoms with Gasteiger partial charge in [0.25, 0.3) is 0 Å². The zero-order valence-corrected chi connectivity index (χ0v) is 15.9. The van der Waals surface area contributed by atoms with Crippen molar-refractivity contribution in [2.45, 2.75) is 6.42 Å². The minimum atomic E-state index is -0.370. The van der Waals surface area contributed by atoms with Crippen LogP contribution >= 0.6 is 0 Å². The number of halogens is 1. The number of fused-ring (bicyclic) bond motifs is 1. The highest BCUT2D eigenvalue weighted by atomic mass is 19.1. The maximum Gasteiger partial charge on any atom is 0.168 e. The summed E-state index contributed by atoms with van der Waals surface area (Å²) in [6.45, 7) is 0. The SMILES string of the molecule is COc1cc(Cc2ccc3ncc(-c4cnn(C)c4)cc3c2)c(F)c(OC)c1. The first kappa shape index (κ1) is 18.0. The van der Waals surface area contributed by atoms with Gasteiger partial charge in [-0.1, -0.05) is 6.07 Å². The van der Waals surface area contributed by atoms with Crippen LogP contribution < -0.4 is 9.47 Å². The van der Waals surface area contributed by atoms with Gasteiger partial charge in [0.05, 0.1) is 25.9 Å². The molecule has 0 saturated heterocycles. The molecule has 0 radical (unpaired) electrons. The monoisotopic (exact) mass is 377 g/mol. The van der Waals surface area contributed by atoms with Crippen molar-refractivity contribution in [1.82, 2.24) is 14.8 Å². The van der Waals surface area contributed by atoms with Gasteiger partial charge in [-0.15, -0.1) is 0 Å². The van der Waals surface area contributed by atoms with Crippen LogP contribution in [0.5, 0.6) is 11.5 Å². The third-order valence-corrected chi connectivity index (χ3v) is 4.72. The summed E-state index contributed by atoms with van der Waals surface area (Å²) < 4.78 is 26.8. The molecule has 142 valence electrons. The molecule has 0 fully saturated rings. The highest BCUT2D eigenvalue weighted by Gasteiger charge is 2.13. The van der Waals surface area contributed by atoms with Crippen LogP contribution in [0.25, 0.3) is 22.0 Å². The van der Waals surface area contributed by atoms with E-state index in [9.17, 15) is 4.39 Å². The predicted molar refractivity (Wildman–Crippen MR) is 106 cm³/mol. The summed E-state index contributed by atoms with van der Waals surface area (Å²) in [7, 11) is 4.88. The molecule has 0 unspecified atom stereocenters. The molecule has 0 atom stereocenters. The number of benzene rings is 2. The van der Waals surface area contributed by atoms with Crippen LogP contribution in [0.4, 0.5) is 4.39 Å². The normalized spacial score (nSPS) is 11.0. The number of pyridine rings is 1. The average Bonchev–Trinajstić information content (AvgIpc) is 3.15. The zero-order valence-electron chi connectivity index (χ0n) is 15.9. The van der Waals surface area contributed by atoms with Crippen LogP contribution in [0.2, 0.25) is 0 Å². The molecule has 4 aromatic rings. The van der Waals surface area contributed by atoms with E-state index in [1.54, 1.807) is 23.9 Å². The van der Waals surface area contributed by atoms with Crippen molar-refractivity contribution in [3.05, 3.63) is 71.9 Å². The van der Waals surface area contributed by atoms with Gasteiger partial charge in [-0.2, -0.15) is 5.10 Å². The van der Waals surface area contributed by atoms with Crippen molar-refractivity contribution in [3.8, 4) is 22.6 Å². The summed E-state index contributed by atoms with van der Waals surface area (Å²) in [5, 5.41) is 5.21. The van der Waals surface area contributed by atoms with Crippen molar-refractivity contribution in [1.29, 1.82) is 0 Å². The number of methoxy groups -OCH3 is 2. The fourth-order valence-electron chi connectivity index (χ4n) is 3.26. The van der Waals surface area contributed by atoms with E-state index in [4.69, 9.17) is 9.47 Å². The Balaban J connectivity index is 1.72. The van der Waals surface area contributed by atoms with E-state index >= 15 is 0 Å². The highest BCUT2D eigenvalue weighted by molar-refractivity contribution is 5.84. The van der Waals surface area contributed by atoms with Gasteiger partial charge in [0.2, 0.25) is 0 Å². The van der Waals surface area contributed by atoms with Crippen molar-refractivity contribution in [3.63, 3.8) is 0 Å². The molecular weight excluding hydrogens is 357 g/mol. The lowest BCUT2D eigenvalue weighted by Gasteiger charge is -2.11. The number of nitrogens with zero attached hydrogens (tertiary/aromatic N) is 3. The maximum atomic E-state index is 14.7. The van der Waals surface area contributed by atoms with Gasteiger partial charge in [-0.3, -0.25) is 9.67 Å². The van der Waals surface area contributed by atoms with E-state index in [-0.39, 0.29) is 11.6 Å². The third-order valence-electron chi connectivity index (χ3n) is 4.72. The molecule has 0 amide bonds. The molecule has 0 bridgehead atoms. The molecule has 0 spiro atoms. The van der Waals surface area contributed by atoms with Crippen LogP contribution in [-0.2, 0) is 13.5 Å². The summed E-state index contributed by atoms with van der Waals surface area (Å²) in [5.41, 5.74) is 4.39. The fourth-order valence-corrected chi connectivity index (χ4v) is 3.26. The second kappa shape index (κ2) is 7.31. The highest BCUT2D eigenvalue weighted by Crippen LogP contribution is 2.30. The Morgan fingerprint density at radius 1 is 1.00 bits per heavy atom. The Bertz CT molecular complexity index is 1150. The second-order valence-electron chi connectivity index (χ2n) is 6.63. The first-order chi connectivity index (χ1) is 13.6. The molecule has 0 saturated carbocycles. The lowest BCUT2D eigenvalue weighted by molar-refractivity contribution is 0.371. The quantitative estimate of drug-likeness (QED) is 0.518. The molecule has 2 heterocycles. The van der Waals surface area contributed by atoms with Crippen molar-refractivity contribution in [2.75, 3.05) is 14.2 Å². The van der Waals surface area contributed by atoms with E-state index in [1.165, 1.54) is 7.11 Å². The van der Waals surface area contributed by atoms with Crippen LogP contribution in [0.3, 0.4) is 0 Å². The molecule has 2 aromatic carbocycles. The van der Waals surface area contributed by atoms with Gasteiger partial charge in [0.15, 0.2) is 11.6 Å². The van der Waals surface area contributed by atoms with Gasteiger partial charge in [0.1, 0.15) is 5.75 Å². The van der Waals surface area contributed by atoms with E-state index in [0.717, 1.165) is 27.6 Å². The van der Waals surface area contributed by atoms with Gasteiger partial charge < -0.3 is 9.47 Å². The second-order valence-corrected chi connectivity index (χ2v) is 6.63. The number of aryl methyl sites for hydroxylation is 1. The molecule has 4 rings (SSSR count). The minimum Gasteiger partial charge on any atom is -0.497 e. The Labute approximate surface area is 162 Å². The zero-order chi connectivity index (χ0) is 19.7. The molecule has 5 nitrogen and oxygen atoms in total. The summed E-state index contributed by atoms with van der Waals surface area (Å²) in [5.74, 6) is 0.371. The Morgan fingerprint density at radius 3 is 2.57 bits per heavy atom. The molecule has 6 heteroatoms. The molecule has 28 heavy (non-hydrogen) atoms. The lowest BCUT2D eigenvalue weighted by Crippen LogP contribution is -1.98. The smallest absolute Gasteiger partial charge is 0.168 e. The van der Waals surface area contributed by atoms with Crippen molar-refractivity contribution in [2.24, 2.45) is 7.05 Å². The number of ether oxygens (including phenoxy) is 2. The molecular formula is C22H20FN3O2. The molecule has 2 aromatic heterocycles. The van der Waals surface area contributed by atoms with Crippen LogP contribution in [0.1, 0.15) is 11.1 Å². The molecule has 0 aliphatic rings. The van der Waals surface area contributed by atoms with Crippen LogP contribution in [-0.4, -0.2) is 29.0 Å². The van der Waals surface area contributed by atoms with E-state index in [2.05, 4.69) is 16.1 Å². The first-order valence-corrected chi connectivity index (χ1v) is 8.85. The topological polar surface area (TPSA) is 49.2 Å². The maximum absolute atomic E-state index is 14.7. The molecule has 0 N–H and O–H groups in total. The molecule has 0 aliphatic carbocycles. The lowest BCUT2D eigenvalue weighted by atomic mass is 10.0. The van der Waals surface area contributed by atoms with Crippen molar-refractivity contribution >= 4 is 10.9 Å². The largest absolute Gasteiger partial charge is 0.497 e. The Kier molecular flexibility index (Phi) is 4.69. The van der Waals surface area contributed by atoms with E-state index in [0.29, 0.717) is 17.7 Å². The van der Waals surface area contributed by atoms with E-state index < -0.39 is 0 Å². The fraction of sp³-hybridized carbons (Fsp3) is 0.182. The van der Waals surface area contributed by atoms with Gasteiger partial charge in [-0.05, 0) is 35.4 Å². The number of hydrogen-bond acceptors (Lipinski definition) is 4. The Morgan fingerprint density at radius 2 is 1.86 bits per heavy atom. The predicted octanol–water partition coefficient (Wildman–Crippen LogP) is 4.38. The summed E-state index contributed by atoms with van der Waals surface area (Å²) in [4.78, 5) is 4.54. The van der Waals surface area contributed by atoms with Crippen molar-refractivity contribution < 1.29 is 13.9 Å². The molecule has 0 aliphatic heterocycles. The van der Waals surface area contributed by atoms with Gasteiger partial charge >= 0.3 is 0 Å². The minimum absolute atomic E-state index is 0.177. The van der Waals surface area contributed by atoms with Crippen LogP contribution in [0.15, 0.2) is 55.0 Å². The summed E-state index contributed by atoms with van der Waals surface area (Å²) in [6, 6.07) is 11.3. The summed E-state index contributed by atoms with van der Waals surface area (Å²) >= 11 is 0. The Hall–Kier alpha value is -3.41. The van der Waals surface area contributed by atoms with Crippen LogP contribution in [0, 0.1) is 5.82 Å². The number of hydrogen-bond donors (Lipinski definition) is 0. The first-order valence-electron chi connectivity index (χ1n) is 8.85. The van der Waals surface area contributed by atoms with Gasteiger partial charge in [0, 0.05) is 48.4 Å². The summed E-state index contributed by atoms with van der Waals surface area (Å²) in [6.07, 6.45) is 6.02. The number of aromatic nitrogens is 3. The van der Waals surface area contributed by atoms with Gasteiger partial charge in [-0.25, -0.2) is 4.39 Å². The third kappa shape index (κ3) is 3.41. The number of rotatable bonds is 5. The average molecular weight is 377 g/mol. The standard InChI is InChI=1S/C22H20FN3O2/c1-26-13-18(12-25-26)17-8-15-6-14(4-5-20(15)24-11-17)7-16-9-19(27-2)10-21(28-3)22(16)23/h4-6,8-13H,7H2,1-3H3.